The standard InChI is InChI=1S/C28H44O3/c1-18(2)28(6,31)15-13-19(3)24-11-12-25-21(8-7-14-27(24,25)5)9-10-22-16-23(29)17-26(30)20(22)4/h9-10,13,15,18-19,23-26,29-31H,4,7-8,11-12,14,16-17H2,1-3,5-6H3/b15-13+,21-9+,22-10-. The normalized spacial score (nSPS) is 40.0. The maximum Gasteiger partial charge on any atom is 0.0822 e. The Morgan fingerprint density at radius 3 is 2.55 bits per heavy atom. The number of aliphatic hydroxyl groups is 3. The van der Waals surface area contributed by atoms with E-state index in [0.717, 1.165) is 17.6 Å². The van der Waals surface area contributed by atoms with Crippen LogP contribution in [0.1, 0.15) is 79.6 Å². The van der Waals surface area contributed by atoms with Gasteiger partial charge < -0.3 is 15.3 Å². The molecule has 0 bridgehead atoms. The van der Waals surface area contributed by atoms with Crippen LogP contribution in [0.15, 0.2) is 47.6 Å². The molecule has 0 heterocycles. The van der Waals surface area contributed by atoms with E-state index >= 15 is 0 Å². The Morgan fingerprint density at radius 1 is 1.16 bits per heavy atom. The molecule has 174 valence electrons. The highest BCUT2D eigenvalue weighted by molar-refractivity contribution is 5.38. The molecule has 0 aromatic rings. The lowest BCUT2D eigenvalue weighted by molar-refractivity contribution is 0.0607. The van der Waals surface area contributed by atoms with Gasteiger partial charge in [0.2, 0.25) is 0 Å². The van der Waals surface area contributed by atoms with Gasteiger partial charge in [0.05, 0.1) is 17.8 Å². The second kappa shape index (κ2) is 9.37. The summed E-state index contributed by atoms with van der Waals surface area (Å²) in [4.78, 5) is 0. The molecule has 0 aromatic carbocycles. The minimum Gasteiger partial charge on any atom is -0.393 e. The number of fused-ring (bicyclic) bond motifs is 1. The highest BCUT2D eigenvalue weighted by atomic mass is 16.3. The van der Waals surface area contributed by atoms with E-state index in [9.17, 15) is 15.3 Å². The molecule has 3 rings (SSSR count). The van der Waals surface area contributed by atoms with Crippen LogP contribution in [0.5, 0.6) is 0 Å². The highest BCUT2D eigenvalue weighted by Gasteiger charge is 2.50. The van der Waals surface area contributed by atoms with Crippen LogP contribution in [-0.2, 0) is 0 Å². The first kappa shape index (κ1) is 24.5. The fourth-order valence-corrected chi connectivity index (χ4v) is 6.28. The summed E-state index contributed by atoms with van der Waals surface area (Å²) in [5.74, 6) is 1.87. The van der Waals surface area contributed by atoms with Crippen LogP contribution in [0, 0.1) is 29.1 Å². The Kier molecular flexibility index (Phi) is 7.40. The van der Waals surface area contributed by atoms with Crippen LogP contribution in [-0.4, -0.2) is 33.1 Å². The summed E-state index contributed by atoms with van der Waals surface area (Å²) in [5, 5.41) is 30.8. The average Bonchev–Trinajstić information content (AvgIpc) is 3.05. The molecule has 0 saturated heterocycles. The molecule has 3 fully saturated rings. The van der Waals surface area contributed by atoms with Crippen molar-refractivity contribution in [2.24, 2.45) is 29.1 Å². The smallest absolute Gasteiger partial charge is 0.0822 e. The lowest BCUT2D eigenvalue weighted by atomic mass is 9.61. The van der Waals surface area contributed by atoms with Crippen LogP contribution in [0.4, 0.5) is 0 Å². The molecule has 0 aromatic heterocycles. The zero-order valence-electron chi connectivity index (χ0n) is 20.3. The summed E-state index contributed by atoms with van der Waals surface area (Å²) in [6.45, 7) is 14.9. The Bertz CT molecular complexity index is 756. The first-order valence-corrected chi connectivity index (χ1v) is 12.3. The summed E-state index contributed by atoms with van der Waals surface area (Å²) >= 11 is 0. The van der Waals surface area contributed by atoms with Crippen LogP contribution >= 0.6 is 0 Å². The van der Waals surface area contributed by atoms with Gasteiger partial charge in [0.25, 0.3) is 0 Å². The molecule has 3 aliphatic rings. The molecule has 0 aliphatic heterocycles. The third-order valence-electron chi connectivity index (χ3n) is 8.84. The molecule has 3 aliphatic carbocycles. The molecule has 3 N–H and O–H groups in total. The average molecular weight is 429 g/mol. The first-order valence-electron chi connectivity index (χ1n) is 12.3. The Hall–Kier alpha value is -1.16. The molecule has 0 radical (unpaired) electrons. The predicted octanol–water partition coefficient (Wildman–Crippen LogP) is 5.73. The number of aliphatic hydroxyl groups excluding tert-OH is 2. The van der Waals surface area contributed by atoms with E-state index in [1.807, 2.05) is 13.0 Å². The Labute approximate surface area is 189 Å². The largest absolute Gasteiger partial charge is 0.393 e. The van der Waals surface area contributed by atoms with E-state index in [0.29, 0.717) is 36.0 Å². The van der Waals surface area contributed by atoms with Gasteiger partial charge in [-0.2, -0.15) is 0 Å². The molecule has 31 heavy (non-hydrogen) atoms. The van der Waals surface area contributed by atoms with Gasteiger partial charge in [-0.15, -0.1) is 0 Å². The van der Waals surface area contributed by atoms with Gasteiger partial charge in [0.1, 0.15) is 0 Å². The van der Waals surface area contributed by atoms with Crippen LogP contribution in [0.25, 0.3) is 0 Å². The van der Waals surface area contributed by atoms with Crippen LogP contribution in [0.2, 0.25) is 0 Å². The van der Waals surface area contributed by atoms with E-state index in [1.54, 1.807) is 0 Å². The number of hydrogen-bond acceptors (Lipinski definition) is 3. The fourth-order valence-electron chi connectivity index (χ4n) is 6.28. The van der Waals surface area contributed by atoms with Crippen molar-refractivity contribution >= 4 is 0 Å². The summed E-state index contributed by atoms with van der Waals surface area (Å²) < 4.78 is 0. The first-order chi connectivity index (χ1) is 14.5. The van der Waals surface area contributed by atoms with Gasteiger partial charge >= 0.3 is 0 Å². The molecule has 7 atom stereocenters. The number of hydrogen-bond donors (Lipinski definition) is 3. The second-order valence-corrected chi connectivity index (χ2v) is 11.3. The van der Waals surface area contributed by atoms with Gasteiger partial charge in [-0.3, -0.25) is 0 Å². The van der Waals surface area contributed by atoms with Gasteiger partial charge in [-0.1, -0.05) is 64.2 Å². The molecule has 3 heteroatoms. The summed E-state index contributed by atoms with van der Waals surface area (Å²) in [5.41, 5.74) is 2.82. The van der Waals surface area contributed by atoms with Crippen molar-refractivity contribution in [3.8, 4) is 0 Å². The van der Waals surface area contributed by atoms with E-state index < -0.39 is 17.8 Å². The second-order valence-electron chi connectivity index (χ2n) is 11.3. The molecule has 3 nitrogen and oxygen atoms in total. The van der Waals surface area contributed by atoms with Crippen LogP contribution < -0.4 is 0 Å². The molecular weight excluding hydrogens is 384 g/mol. The van der Waals surface area contributed by atoms with E-state index in [-0.39, 0.29) is 5.92 Å². The van der Waals surface area contributed by atoms with Crippen molar-refractivity contribution in [1.82, 2.24) is 0 Å². The number of rotatable bonds is 5. The minimum absolute atomic E-state index is 0.201. The Morgan fingerprint density at radius 2 is 1.87 bits per heavy atom. The topological polar surface area (TPSA) is 60.7 Å². The fraction of sp³-hybridized carbons (Fsp3) is 0.714. The van der Waals surface area contributed by atoms with Gasteiger partial charge in [0, 0.05) is 6.42 Å². The van der Waals surface area contributed by atoms with Crippen molar-refractivity contribution < 1.29 is 15.3 Å². The van der Waals surface area contributed by atoms with E-state index in [1.165, 1.54) is 31.3 Å². The van der Waals surface area contributed by atoms with E-state index in [4.69, 9.17) is 0 Å². The number of allylic oxidation sites excluding steroid dienone is 4. The third kappa shape index (κ3) is 5.10. The summed E-state index contributed by atoms with van der Waals surface area (Å²) in [6, 6.07) is 0. The maximum absolute atomic E-state index is 10.6. The monoisotopic (exact) mass is 428 g/mol. The maximum atomic E-state index is 10.6. The quantitative estimate of drug-likeness (QED) is 0.490. The highest BCUT2D eigenvalue weighted by Crippen LogP contribution is 2.59. The molecule has 7 unspecified atom stereocenters. The van der Waals surface area contributed by atoms with Gasteiger partial charge in [0.15, 0.2) is 0 Å². The van der Waals surface area contributed by atoms with Crippen molar-refractivity contribution in [1.29, 1.82) is 0 Å². The van der Waals surface area contributed by atoms with Crippen molar-refractivity contribution in [3.05, 3.63) is 47.6 Å². The summed E-state index contributed by atoms with van der Waals surface area (Å²) in [7, 11) is 0. The lowest BCUT2D eigenvalue weighted by Crippen LogP contribution is -2.36. The molecule has 0 spiro atoms. The Balaban J connectivity index is 1.78. The zero-order chi connectivity index (χ0) is 23.0. The van der Waals surface area contributed by atoms with Gasteiger partial charge in [-0.25, -0.2) is 0 Å². The van der Waals surface area contributed by atoms with E-state index in [2.05, 4.69) is 52.5 Å². The predicted molar refractivity (Wildman–Crippen MR) is 128 cm³/mol. The van der Waals surface area contributed by atoms with Crippen molar-refractivity contribution in [2.45, 2.75) is 97.4 Å². The molecule has 3 saturated carbocycles. The zero-order valence-corrected chi connectivity index (χ0v) is 20.3. The van der Waals surface area contributed by atoms with Crippen LogP contribution in [0.3, 0.4) is 0 Å². The molecule has 0 amide bonds. The third-order valence-corrected chi connectivity index (χ3v) is 8.84. The summed E-state index contributed by atoms with van der Waals surface area (Å²) in [6.07, 6.45) is 14.6. The van der Waals surface area contributed by atoms with Crippen molar-refractivity contribution in [3.63, 3.8) is 0 Å². The lowest BCUT2D eigenvalue weighted by Gasteiger charge is -2.44. The van der Waals surface area contributed by atoms with Crippen molar-refractivity contribution in [2.75, 3.05) is 0 Å². The minimum atomic E-state index is -0.755. The van der Waals surface area contributed by atoms with Gasteiger partial charge in [-0.05, 0) is 85.7 Å². The SMILES string of the molecule is C=C1/C(=C\C=C2/CCCC3(C)C2CCC3C(C)/C=C/C(C)(O)C(C)C)CC(O)CC1O. The molecular formula is C28H44O3.